The maximum absolute atomic E-state index is 12.4. The molecule has 0 fully saturated rings. The largest absolute Gasteiger partial charge is 0.497 e. The topological polar surface area (TPSA) is 69.0 Å². The maximum atomic E-state index is 12.4. The lowest BCUT2D eigenvalue weighted by Crippen LogP contribution is -2.11. The number of carbonyl (C=O) groups is 1. The van der Waals surface area contributed by atoms with Crippen LogP contribution in [0.2, 0.25) is 0 Å². The van der Waals surface area contributed by atoms with E-state index in [2.05, 4.69) is 15.5 Å². The number of hydrogen-bond acceptors (Lipinski definition) is 4. The number of fused-ring (bicyclic) bond motifs is 1. The molecule has 0 radical (unpaired) electrons. The van der Waals surface area contributed by atoms with Crippen molar-refractivity contribution in [1.29, 1.82) is 0 Å². The molecule has 0 bridgehead atoms. The Morgan fingerprint density at radius 2 is 1.78 bits per heavy atom. The molecular formula is C21H18N4O2. The number of nitrogens with zero attached hydrogens (tertiary/aromatic N) is 3. The van der Waals surface area contributed by atoms with Gasteiger partial charge in [-0.25, -0.2) is 0 Å². The first kappa shape index (κ1) is 16.8. The van der Waals surface area contributed by atoms with Gasteiger partial charge in [0.25, 0.3) is 5.91 Å². The van der Waals surface area contributed by atoms with Crippen LogP contribution in [0.15, 0.2) is 66.7 Å². The summed E-state index contributed by atoms with van der Waals surface area (Å²) in [5.41, 5.74) is 4.57. The molecule has 1 aromatic heterocycles. The van der Waals surface area contributed by atoms with Gasteiger partial charge in [0.15, 0.2) is 0 Å². The normalized spacial score (nSPS) is 10.7. The van der Waals surface area contributed by atoms with E-state index in [1.165, 1.54) is 0 Å². The van der Waals surface area contributed by atoms with E-state index < -0.39 is 0 Å². The monoisotopic (exact) mass is 358 g/mol. The molecule has 6 heteroatoms. The maximum Gasteiger partial charge on any atom is 0.255 e. The van der Waals surface area contributed by atoms with Crippen LogP contribution < -0.4 is 10.1 Å². The lowest BCUT2D eigenvalue weighted by Gasteiger charge is -2.05. The number of amides is 1. The average molecular weight is 358 g/mol. The first-order valence-electron chi connectivity index (χ1n) is 8.52. The first-order valence-corrected chi connectivity index (χ1v) is 8.52. The van der Waals surface area contributed by atoms with Crippen LogP contribution in [0.1, 0.15) is 15.9 Å². The quantitative estimate of drug-likeness (QED) is 0.599. The summed E-state index contributed by atoms with van der Waals surface area (Å²) in [6.07, 6.45) is 0. The number of nitrogens with one attached hydrogen (secondary N) is 1. The van der Waals surface area contributed by atoms with Crippen molar-refractivity contribution in [2.45, 2.75) is 6.92 Å². The highest BCUT2D eigenvalue weighted by Gasteiger charge is 2.10. The minimum Gasteiger partial charge on any atom is -0.497 e. The number of aromatic nitrogens is 3. The second-order valence-electron chi connectivity index (χ2n) is 6.22. The van der Waals surface area contributed by atoms with Crippen molar-refractivity contribution in [3.8, 4) is 11.4 Å². The smallest absolute Gasteiger partial charge is 0.255 e. The van der Waals surface area contributed by atoms with Crippen LogP contribution in [0.4, 0.5) is 5.69 Å². The minimum absolute atomic E-state index is 0.154. The van der Waals surface area contributed by atoms with Gasteiger partial charge in [-0.15, -0.1) is 10.2 Å². The van der Waals surface area contributed by atoms with Crippen molar-refractivity contribution in [3.05, 3.63) is 77.9 Å². The van der Waals surface area contributed by atoms with Crippen LogP contribution in [-0.4, -0.2) is 28.0 Å². The Morgan fingerprint density at radius 1 is 0.963 bits per heavy atom. The summed E-state index contributed by atoms with van der Waals surface area (Å²) < 4.78 is 5.25. The fourth-order valence-electron chi connectivity index (χ4n) is 2.83. The van der Waals surface area contributed by atoms with Crippen LogP contribution >= 0.6 is 0 Å². The number of benzene rings is 3. The van der Waals surface area contributed by atoms with Crippen molar-refractivity contribution in [1.82, 2.24) is 15.0 Å². The van der Waals surface area contributed by atoms with Gasteiger partial charge in [0.1, 0.15) is 16.8 Å². The molecular weight excluding hydrogens is 340 g/mol. The van der Waals surface area contributed by atoms with Crippen LogP contribution in [0.3, 0.4) is 0 Å². The predicted octanol–water partition coefficient (Wildman–Crippen LogP) is 3.99. The Balaban J connectivity index is 1.61. The van der Waals surface area contributed by atoms with E-state index in [0.29, 0.717) is 16.8 Å². The summed E-state index contributed by atoms with van der Waals surface area (Å²) in [6.45, 7) is 1.96. The number of carbonyl (C=O) groups excluding carboxylic acids is 1. The van der Waals surface area contributed by atoms with Crippen LogP contribution in [0.25, 0.3) is 16.7 Å². The standard InChI is InChI=1S/C21H18N4O2/c1-14-5-3-6-15(11-14)21(26)22-16-9-10-19-20(12-16)24-25(23-19)17-7-4-8-18(13-17)27-2/h3-13H,1-2H3,(H,22,26). The summed E-state index contributed by atoms with van der Waals surface area (Å²) in [5.74, 6) is 0.582. The van der Waals surface area contributed by atoms with Gasteiger partial charge in [-0.2, -0.15) is 4.80 Å². The average Bonchev–Trinajstić information content (AvgIpc) is 3.11. The number of hydrogen-bond donors (Lipinski definition) is 1. The third-order valence-electron chi connectivity index (χ3n) is 4.20. The third-order valence-corrected chi connectivity index (χ3v) is 4.20. The molecule has 4 aromatic rings. The molecule has 1 N–H and O–H groups in total. The Bertz CT molecular complexity index is 1130. The summed E-state index contributed by atoms with van der Waals surface area (Å²) in [5, 5.41) is 11.9. The van der Waals surface area contributed by atoms with E-state index in [4.69, 9.17) is 4.74 Å². The third kappa shape index (κ3) is 3.50. The molecule has 27 heavy (non-hydrogen) atoms. The van der Waals surface area contributed by atoms with Gasteiger partial charge in [0.2, 0.25) is 0 Å². The van der Waals surface area contributed by atoms with Crippen molar-refractivity contribution >= 4 is 22.6 Å². The summed E-state index contributed by atoms with van der Waals surface area (Å²) in [4.78, 5) is 14.0. The molecule has 3 aromatic carbocycles. The second-order valence-corrected chi connectivity index (χ2v) is 6.22. The van der Waals surface area contributed by atoms with E-state index in [9.17, 15) is 4.79 Å². The van der Waals surface area contributed by atoms with E-state index in [0.717, 1.165) is 22.5 Å². The van der Waals surface area contributed by atoms with Crippen molar-refractivity contribution in [2.75, 3.05) is 12.4 Å². The zero-order chi connectivity index (χ0) is 18.8. The number of anilines is 1. The van der Waals surface area contributed by atoms with Crippen LogP contribution in [0.5, 0.6) is 5.75 Å². The number of aryl methyl sites for hydroxylation is 1. The van der Waals surface area contributed by atoms with Gasteiger partial charge in [-0.3, -0.25) is 4.79 Å². The first-order chi connectivity index (χ1) is 13.1. The molecule has 0 unspecified atom stereocenters. The summed E-state index contributed by atoms with van der Waals surface area (Å²) in [7, 11) is 1.62. The fourth-order valence-corrected chi connectivity index (χ4v) is 2.83. The van der Waals surface area contributed by atoms with Crippen LogP contribution in [0, 0.1) is 6.92 Å². The van der Waals surface area contributed by atoms with Gasteiger partial charge in [0.05, 0.1) is 12.8 Å². The second kappa shape index (κ2) is 6.92. The molecule has 134 valence electrons. The lowest BCUT2D eigenvalue weighted by molar-refractivity contribution is 0.102. The zero-order valence-electron chi connectivity index (χ0n) is 15.0. The molecule has 0 spiro atoms. The molecule has 4 rings (SSSR count). The SMILES string of the molecule is COc1cccc(-n2nc3ccc(NC(=O)c4cccc(C)c4)cc3n2)c1. The molecule has 0 aliphatic heterocycles. The highest BCUT2D eigenvalue weighted by Crippen LogP contribution is 2.20. The zero-order valence-corrected chi connectivity index (χ0v) is 15.0. The highest BCUT2D eigenvalue weighted by molar-refractivity contribution is 6.05. The number of methoxy groups -OCH3 is 1. The molecule has 6 nitrogen and oxygen atoms in total. The molecule has 0 saturated heterocycles. The molecule has 1 amide bonds. The van der Waals surface area contributed by atoms with Crippen LogP contribution in [-0.2, 0) is 0 Å². The Kier molecular flexibility index (Phi) is 4.30. The fraction of sp³-hybridized carbons (Fsp3) is 0.0952. The van der Waals surface area contributed by atoms with E-state index in [-0.39, 0.29) is 5.91 Å². The Labute approximate surface area is 156 Å². The van der Waals surface area contributed by atoms with E-state index in [1.54, 1.807) is 18.0 Å². The number of rotatable bonds is 4. The van der Waals surface area contributed by atoms with Gasteiger partial charge in [-0.1, -0.05) is 23.8 Å². The summed E-state index contributed by atoms with van der Waals surface area (Å²) in [6, 6.07) is 20.5. The molecule has 1 heterocycles. The van der Waals surface area contributed by atoms with Gasteiger partial charge >= 0.3 is 0 Å². The van der Waals surface area contributed by atoms with E-state index >= 15 is 0 Å². The van der Waals surface area contributed by atoms with Crippen molar-refractivity contribution in [2.24, 2.45) is 0 Å². The molecule has 0 atom stereocenters. The molecule has 0 aliphatic carbocycles. The Morgan fingerprint density at radius 3 is 2.59 bits per heavy atom. The van der Waals surface area contributed by atoms with Crippen molar-refractivity contribution < 1.29 is 9.53 Å². The van der Waals surface area contributed by atoms with Gasteiger partial charge in [-0.05, 0) is 49.4 Å². The van der Waals surface area contributed by atoms with Gasteiger partial charge in [0, 0.05) is 17.3 Å². The summed E-state index contributed by atoms with van der Waals surface area (Å²) >= 11 is 0. The van der Waals surface area contributed by atoms with Crippen molar-refractivity contribution in [3.63, 3.8) is 0 Å². The van der Waals surface area contributed by atoms with E-state index in [1.807, 2.05) is 67.6 Å². The van der Waals surface area contributed by atoms with Gasteiger partial charge < -0.3 is 10.1 Å². The Hall–Kier alpha value is -3.67. The minimum atomic E-state index is -0.154. The molecule has 0 aliphatic rings. The molecule has 0 saturated carbocycles. The lowest BCUT2D eigenvalue weighted by atomic mass is 10.1. The number of ether oxygens (including phenoxy) is 1. The highest BCUT2D eigenvalue weighted by atomic mass is 16.5. The predicted molar refractivity (Wildman–Crippen MR) is 105 cm³/mol.